The molecule has 0 heterocycles. The number of aliphatic hydroxyl groups is 1. The van der Waals surface area contributed by atoms with E-state index in [1.165, 1.54) is 0 Å². The highest BCUT2D eigenvalue weighted by Gasteiger charge is 1.56. The van der Waals surface area contributed by atoms with Crippen LogP contribution in [0.4, 0.5) is 0 Å². The van der Waals surface area contributed by atoms with Gasteiger partial charge in [-0.15, -0.1) is 0 Å². The second-order valence-electron chi connectivity index (χ2n) is 0.512. The van der Waals surface area contributed by atoms with E-state index >= 15 is 0 Å². The number of hydrogen-bond donors (Lipinski definition) is 2. The van der Waals surface area contributed by atoms with Crippen molar-refractivity contribution >= 4 is 8.41 Å². The summed E-state index contributed by atoms with van der Waals surface area (Å²) in [4.78, 5) is 0. The summed E-state index contributed by atoms with van der Waals surface area (Å²) in [5.74, 6) is 0. The van der Waals surface area contributed by atoms with E-state index in [0.717, 1.165) is 0 Å². The van der Waals surface area contributed by atoms with Crippen LogP contribution in [0.15, 0.2) is 0 Å². The zero-order valence-corrected chi connectivity index (χ0v) is 2.44. The molecule has 0 rings (SSSR count). The molecule has 0 fully saturated rings. The van der Waals surface area contributed by atoms with Crippen molar-refractivity contribution in [2.24, 2.45) is 5.73 Å². The van der Waals surface area contributed by atoms with E-state index < -0.39 is 0 Å². The maximum absolute atomic E-state index is 7.75. The van der Waals surface area contributed by atoms with Gasteiger partial charge in [0, 0.05) is 6.54 Å². The molecule has 3 N–H and O–H groups in total. The van der Waals surface area contributed by atoms with Crippen molar-refractivity contribution in [2.75, 3.05) is 13.2 Å². The summed E-state index contributed by atoms with van der Waals surface area (Å²) in [5, 5.41) is 7.75. The van der Waals surface area contributed by atoms with Crippen LogP contribution in [0.25, 0.3) is 0 Å². The van der Waals surface area contributed by atoms with Crippen molar-refractivity contribution in [2.45, 2.75) is 0 Å². The molecule has 0 spiro atoms. The maximum atomic E-state index is 7.75. The fourth-order valence-electron chi connectivity index (χ4n) is 0. The van der Waals surface area contributed by atoms with E-state index in [1.54, 1.807) is 0 Å². The molecule has 0 radical (unpaired) electrons. The maximum Gasteiger partial charge on any atom is 0.0814 e. The minimum atomic E-state index is 0. The summed E-state index contributed by atoms with van der Waals surface area (Å²) in [6, 6.07) is 0. The standard InChI is InChI=1S/C2H7NO.BH3/c3-1-2-4;/h4H,1-3H2;1H3. The third-order valence-corrected chi connectivity index (χ3v) is 0.129. The third-order valence-electron chi connectivity index (χ3n) is 0.129. The van der Waals surface area contributed by atoms with Gasteiger partial charge in [0.25, 0.3) is 0 Å². The quantitative estimate of drug-likeness (QED) is 0.346. The van der Waals surface area contributed by atoms with Gasteiger partial charge in [-0.3, -0.25) is 0 Å². The molecule has 0 aliphatic heterocycles. The lowest BCUT2D eigenvalue weighted by molar-refractivity contribution is 0.306. The summed E-state index contributed by atoms with van der Waals surface area (Å²) in [5.41, 5.74) is 4.78. The first-order valence-electron chi connectivity index (χ1n) is 1.22. The molecule has 0 aromatic carbocycles. The SMILES string of the molecule is B.NCCO. The Labute approximate surface area is 33.6 Å². The molecule has 0 aliphatic carbocycles. The second kappa shape index (κ2) is 9.01. The highest BCUT2D eigenvalue weighted by atomic mass is 16.3. The fourth-order valence-corrected chi connectivity index (χ4v) is 0. The highest BCUT2D eigenvalue weighted by Crippen LogP contribution is 1.33. The van der Waals surface area contributed by atoms with E-state index in [2.05, 4.69) is 0 Å². The summed E-state index contributed by atoms with van der Waals surface area (Å²) in [7, 11) is 0. The van der Waals surface area contributed by atoms with Crippen molar-refractivity contribution < 1.29 is 5.11 Å². The number of rotatable bonds is 1. The predicted octanol–water partition coefficient (Wildman–Crippen LogP) is -2.25. The van der Waals surface area contributed by atoms with Gasteiger partial charge >= 0.3 is 0 Å². The van der Waals surface area contributed by atoms with Gasteiger partial charge in [0.05, 0.1) is 15.0 Å². The van der Waals surface area contributed by atoms with Gasteiger partial charge in [-0.05, 0) is 0 Å². The normalized spacial score (nSPS) is 6.00. The first-order valence-corrected chi connectivity index (χ1v) is 1.22. The van der Waals surface area contributed by atoms with Crippen LogP contribution in [-0.2, 0) is 0 Å². The van der Waals surface area contributed by atoms with Gasteiger partial charge in [0.2, 0.25) is 0 Å². The Balaban J connectivity index is 0. The predicted molar refractivity (Wildman–Crippen MR) is 26.1 cm³/mol. The van der Waals surface area contributed by atoms with Gasteiger partial charge in [0.15, 0.2) is 0 Å². The molecular weight excluding hydrogens is 64.8 g/mol. The van der Waals surface area contributed by atoms with Crippen molar-refractivity contribution in [3.63, 3.8) is 0 Å². The zero-order valence-electron chi connectivity index (χ0n) is 2.44. The molecule has 2 nitrogen and oxygen atoms in total. The Morgan fingerprint density at radius 2 is 1.80 bits per heavy atom. The van der Waals surface area contributed by atoms with Crippen LogP contribution in [-0.4, -0.2) is 26.7 Å². The van der Waals surface area contributed by atoms with Crippen LogP contribution in [0.2, 0.25) is 0 Å². The summed E-state index contributed by atoms with van der Waals surface area (Å²) < 4.78 is 0. The monoisotopic (exact) mass is 75.1 g/mol. The second-order valence-corrected chi connectivity index (χ2v) is 0.512. The van der Waals surface area contributed by atoms with Gasteiger partial charge < -0.3 is 10.8 Å². The van der Waals surface area contributed by atoms with Gasteiger partial charge in [0.1, 0.15) is 0 Å². The molecule has 0 aromatic heterocycles. The lowest BCUT2D eigenvalue weighted by Gasteiger charge is -1.71. The summed E-state index contributed by atoms with van der Waals surface area (Å²) in [6.07, 6.45) is 0. The molecule has 0 saturated carbocycles. The van der Waals surface area contributed by atoms with Crippen molar-refractivity contribution in [1.82, 2.24) is 0 Å². The van der Waals surface area contributed by atoms with Crippen molar-refractivity contribution in [3.05, 3.63) is 0 Å². The van der Waals surface area contributed by atoms with E-state index in [1.807, 2.05) is 0 Å². The fraction of sp³-hybridized carbons (Fsp3) is 1.00. The largest absolute Gasteiger partial charge is 0.395 e. The lowest BCUT2D eigenvalue weighted by Crippen LogP contribution is -2.02. The van der Waals surface area contributed by atoms with Gasteiger partial charge in [-0.25, -0.2) is 0 Å². The Kier molecular flexibility index (Phi) is 16.0. The first-order chi connectivity index (χ1) is 1.91. The third kappa shape index (κ3) is 16.2. The molecule has 0 atom stereocenters. The van der Waals surface area contributed by atoms with Gasteiger partial charge in [-0.1, -0.05) is 0 Å². The van der Waals surface area contributed by atoms with Crippen LogP contribution in [0.3, 0.4) is 0 Å². The average Bonchev–Trinajstić information content (AvgIpc) is 1.37. The van der Waals surface area contributed by atoms with Crippen LogP contribution in [0.5, 0.6) is 0 Å². The number of aliphatic hydroxyl groups excluding tert-OH is 1. The van der Waals surface area contributed by atoms with E-state index in [9.17, 15) is 0 Å². The molecule has 0 bridgehead atoms. The Bertz CT molecular complexity index is 11.6. The lowest BCUT2D eigenvalue weighted by atomic mass is 10.8. The molecule has 32 valence electrons. The van der Waals surface area contributed by atoms with Gasteiger partial charge in [-0.2, -0.15) is 0 Å². The minimum absolute atomic E-state index is 0. The minimum Gasteiger partial charge on any atom is -0.395 e. The Morgan fingerprint density at radius 3 is 1.80 bits per heavy atom. The van der Waals surface area contributed by atoms with Crippen LogP contribution in [0, 0.1) is 0 Å². The topological polar surface area (TPSA) is 46.2 Å². The van der Waals surface area contributed by atoms with Crippen molar-refractivity contribution in [3.8, 4) is 0 Å². The van der Waals surface area contributed by atoms with Crippen LogP contribution >= 0.6 is 0 Å². The number of nitrogens with two attached hydrogens (primary N) is 1. The summed E-state index contributed by atoms with van der Waals surface area (Å²) in [6.45, 7) is 0.472. The molecule has 0 amide bonds. The molecule has 0 aliphatic rings. The van der Waals surface area contributed by atoms with E-state index in [0.29, 0.717) is 6.54 Å². The first kappa shape index (κ1) is 8.88. The zero-order chi connectivity index (χ0) is 3.41. The highest BCUT2D eigenvalue weighted by molar-refractivity contribution is 5.75. The Hall–Kier alpha value is -0.0151. The smallest absolute Gasteiger partial charge is 0.0814 e. The van der Waals surface area contributed by atoms with E-state index in [4.69, 9.17) is 10.8 Å². The molecule has 3 heteroatoms. The average molecular weight is 74.9 g/mol. The Morgan fingerprint density at radius 1 is 1.60 bits per heavy atom. The number of hydrogen-bond acceptors (Lipinski definition) is 2. The van der Waals surface area contributed by atoms with E-state index in [-0.39, 0.29) is 15.0 Å². The van der Waals surface area contributed by atoms with Crippen LogP contribution in [0.1, 0.15) is 0 Å². The summed E-state index contributed by atoms with van der Waals surface area (Å²) >= 11 is 0. The molecule has 0 saturated heterocycles. The molecular formula is C2H10BNO. The molecule has 5 heavy (non-hydrogen) atoms. The van der Waals surface area contributed by atoms with Crippen LogP contribution < -0.4 is 5.73 Å². The van der Waals surface area contributed by atoms with Crippen molar-refractivity contribution in [1.29, 1.82) is 0 Å². The molecule has 0 aromatic rings. The molecule has 0 unspecified atom stereocenters.